The lowest BCUT2D eigenvalue weighted by Gasteiger charge is -2.07. The molecule has 0 aliphatic rings. The molecule has 0 spiro atoms. The van der Waals surface area contributed by atoms with E-state index in [1.807, 2.05) is 32.9 Å². The van der Waals surface area contributed by atoms with Crippen molar-refractivity contribution in [2.24, 2.45) is 4.40 Å². The fourth-order valence-electron chi connectivity index (χ4n) is 2.29. The molecule has 0 fully saturated rings. The molecule has 22 heavy (non-hydrogen) atoms. The van der Waals surface area contributed by atoms with Crippen LogP contribution in [0.3, 0.4) is 0 Å². The standard InChI is InChI=1S/C16H16N2O3S/c1-11-8-12(2)16(13(3)9-11)22(21)17-10-14-4-6-15(7-5-14)18(19)20/h4-10H,1-3H3/b17-10+/t22-/m1/s1. The lowest BCUT2D eigenvalue weighted by molar-refractivity contribution is -0.384. The third-order valence-corrected chi connectivity index (χ3v) is 4.47. The van der Waals surface area contributed by atoms with E-state index in [0.717, 1.165) is 16.7 Å². The van der Waals surface area contributed by atoms with E-state index in [1.54, 1.807) is 12.1 Å². The molecular weight excluding hydrogens is 300 g/mol. The van der Waals surface area contributed by atoms with E-state index in [1.165, 1.54) is 18.3 Å². The summed E-state index contributed by atoms with van der Waals surface area (Å²) in [5, 5.41) is 10.6. The highest BCUT2D eigenvalue weighted by atomic mass is 32.2. The van der Waals surface area contributed by atoms with E-state index in [0.29, 0.717) is 10.5 Å². The summed E-state index contributed by atoms with van der Waals surface area (Å²) in [6, 6.07) is 9.89. The normalized spacial score (nSPS) is 12.5. The third kappa shape index (κ3) is 3.65. The quantitative estimate of drug-likeness (QED) is 0.491. The largest absolute Gasteiger partial charge is 0.269 e. The molecule has 5 nitrogen and oxygen atoms in total. The first-order valence-electron chi connectivity index (χ1n) is 6.67. The van der Waals surface area contributed by atoms with Crippen molar-refractivity contribution in [1.29, 1.82) is 0 Å². The molecule has 6 heteroatoms. The van der Waals surface area contributed by atoms with Crippen LogP contribution in [0.25, 0.3) is 0 Å². The molecule has 0 heterocycles. The Labute approximate surface area is 131 Å². The monoisotopic (exact) mass is 316 g/mol. The zero-order valence-electron chi connectivity index (χ0n) is 12.6. The molecule has 0 N–H and O–H groups in total. The second-order valence-electron chi connectivity index (χ2n) is 5.06. The van der Waals surface area contributed by atoms with Gasteiger partial charge in [0.2, 0.25) is 0 Å². The van der Waals surface area contributed by atoms with Gasteiger partial charge in [-0.05, 0) is 49.6 Å². The Balaban J connectivity index is 2.23. The molecule has 0 saturated carbocycles. The molecule has 114 valence electrons. The minimum absolute atomic E-state index is 0.0171. The summed E-state index contributed by atoms with van der Waals surface area (Å²) in [4.78, 5) is 10.8. The summed E-state index contributed by atoms with van der Waals surface area (Å²) < 4.78 is 16.4. The van der Waals surface area contributed by atoms with Crippen molar-refractivity contribution in [3.05, 3.63) is 68.8 Å². The number of nitrogens with zero attached hydrogens (tertiary/aromatic N) is 2. The van der Waals surface area contributed by atoms with E-state index in [2.05, 4.69) is 4.40 Å². The van der Waals surface area contributed by atoms with Crippen LogP contribution in [0.2, 0.25) is 0 Å². The summed E-state index contributed by atoms with van der Waals surface area (Å²) in [5.41, 5.74) is 3.69. The van der Waals surface area contributed by atoms with Crippen LogP contribution >= 0.6 is 0 Å². The van der Waals surface area contributed by atoms with Crippen LogP contribution in [0.1, 0.15) is 22.3 Å². The van der Waals surface area contributed by atoms with Gasteiger partial charge < -0.3 is 0 Å². The lowest BCUT2D eigenvalue weighted by Crippen LogP contribution is -1.97. The lowest BCUT2D eigenvalue weighted by atomic mass is 10.1. The minimum atomic E-state index is -1.49. The Morgan fingerprint density at radius 3 is 2.14 bits per heavy atom. The van der Waals surface area contributed by atoms with Crippen molar-refractivity contribution in [2.45, 2.75) is 25.7 Å². The predicted octanol–water partition coefficient (Wildman–Crippen LogP) is 3.66. The molecule has 0 unspecified atom stereocenters. The highest BCUT2D eigenvalue weighted by Gasteiger charge is 2.10. The highest BCUT2D eigenvalue weighted by Crippen LogP contribution is 2.21. The first kappa shape index (κ1) is 16.0. The summed E-state index contributed by atoms with van der Waals surface area (Å²) in [7, 11) is -1.49. The van der Waals surface area contributed by atoms with Gasteiger partial charge in [-0.15, -0.1) is 0 Å². The first-order chi connectivity index (χ1) is 10.4. The molecule has 0 amide bonds. The number of non-ortho nitro benzene ring substituents is 1. The molecule has 0 bridgehead atoms. The van der Waals surface area contributed by atoms with Gasteiger partial charge >= 0.3 is 0 Å². The zero-order chi connectivity index (χ0) is 16.3. The van der Waals surface area contributed by atoms with Crippen molar-refractivity contribution in [2.75, 3.05) is 0 Å². The van der Waals surface area contributed by atoms with Crippen LogP contribution in [0.15, 0.2) is 45.7 Å². The van der Waals surface area contributed by atoms with Gasteiger partial charge in [0.15, 0.2) is 11.0 Å². The zero-order valence-corrected chi connectivity index (χ0v) is 13.4. The molecule has 0 aliphatic heterocycles. The fourth-order valence-corrected chi connectivity index (χ4v) is 3.28. The topological polar surface area (TPSA) is 72.6 Å². The van der Waals surface area contributed by atoms with Crippen LogP contribution in [0.5, 0.6) is 0 Å². The average Bonchev–Trinajstić information content (AvgIpc) is 2.44. The number of benzene rings is 2. The van der Waals surface area contributed by atoms with Gasteiger partial charge in [0.05, 0.1) is 9.82 Å². The van der Waals surface area contributed by atoms with Gasteiger partial charge in [0.25, 0.3) is 5.69 Å². The van der Waals surface area contributed by atoms with E-state index >= 15 is 0 Å². The molecule has 2 aromatic carbocycles. The second-order valence-corrected chi connectivity index (χ2v) is 6.18. The summed E-state index contributed by atoms with van der Waals surface area (Å²) in [6.45, 7) is 5.82. The maximum atomic E-state index is 12.4. The van der Waals surface area contributed by atoms with Crippen molar-refractivity contribution in [3.63, 3.8) is 0 Å². The third-order valence-electron chi connectivity index (χ3n) is 3.18. The van der Waals surface area contributed by atoms with Crippen LogP contribution < -0.4 is 0 Å². The van der Waals surface area contributed by atoms with Gasteiger partial charge in [-0.25, -0.2) is 4.21 Å². The molecule has 2 rings (SSSR count). The molecule has 0 aromatic heterocycles. The number of nitro benzene ring substituents is 1. The molecule has 0 radical (unpaired) electrons. The van der Waals surface area contributed by atoms with Crippen molar-refractivity contribution >= 4 is 22.9 Å². The van der Waals surface area contributed by atoms with Crippen LogP contribution in [0, 0.1) is 30.9 Å². The van der Waals surface area contributed by atoms with Gasteiger partial charge in [0, 0.05) is 18.3 Å². The van der Waals surface area contributed by atoms with Gasteiger partial charge in [0.1, 0.15) is 0 Å². The summed E-state index contributed by atoms with van der Waals surface area (Å²) >= 11 is 0. The van der Waals surface area contributed by atoms with Crippen LogP contribution in [0.4, 0.5) is 5.69 Å². The summed E-state index contributed by atoms with van der Waals surface area (Å²) in [6.07, 6.45) is 1.47. The second kappa shape index (κ2) is 6.62. The smallest absolute Gasteiger partial charge is 0.258 e. The number of nitro groups is 1. The number of aryl methyl sites for hydroxylation is 3. The van der Waals surface area contributed by atoms with E-state index in [-0.39, 0.29) is 5.69 Å². The SMILES string of the molecule is Cc1cc(C)c([S@@](=O)/N=C/c2ccc([N+](=O)[O-])cc2)c(C)c1. The number of hydrogen-bond acceptors (Lipinski definition) is 3. The Hall–Kier alpha value is -2.34. The van der Waals surface area contributed by atoms with Crippen LogP contribution in [-0.4, -0.2) is 15.3 Å². The molecule has 2 aromatic rings. The Kier molecular flexibility index (Phi) is 4.82. The Morgan fingerprint density at radius 1 is 1.09 bits per heavy atom. The fraction of sp³-hybridized carbons (Fsp3) is 0.188. The van der Waals surface area contributed by atoms with Crippen LogP contribution in [-0.2, 0) is 11.0 Å². The minimum Gasteiger partial charge on any atom is -0.258 e. The molecular formula is C16H16N2O3S. The van der Waals surface area contributed by atoms with Crippen molar-refractivity contribution in [3.8, 4) is 0 Å². The Morgan fingerprint density at radius 2 is 1.64 bits per heavy atom. The Bertz CT molecular complexity index is 744. The number of hydrogen-bond donors (Lipinski definition) is 0. The molecule has 1 atom stereocenters. The predicted molar refractivity (Wildman–Crippen MR) is 87.8 cm³/mol. The van der Waals surface area contributed by atoms with Gasteiger partial charge in [-0.2, -0.15) is 4.40 Å². The van der Waals surface area contributed by atoms with E-state index < -0.39 is 15.9 Å². The maximum absolute atomic E-state index is 12.4. The maximum Gasteiger partial charge on any atom is 0.269 e. The molecule has 0 saturated heterocycles. The number of rotatable bonds is 4. The molecule has 0 aliphatic carbocycles. The van der Waals surface area contributed by atoms with Gasteiger partial charge in [-0.1, -0.05) is 17.7 Å². The van der Waals surface area contributed by atoms with Crippen molar-refractivity contribution < 1.29 is 9.13 Å². The van der Waals surface area contributed by atoms with Crippen molar-refractivity contribution in [1.82, 2.24) is 0 Å². The first-order valence-corrected chi connectivity index (χ1v) is 7.77. The highest BCUT2D eigenvalue weighted by molar-refractivity contribution is 7.84. The average molecular weight is 316 g/mol. The van der Waals surface area contributed by atoms with E-state index in [9.17, 15) is 14.3 Å². The van der Waals surface area contributed by atoms with E-state index in [4.69, 9.17) is 0 Å². The van der Waals surface area contributed by atoms with Gasteiger partial charge in [-0.3, -0.25) is 10.1 Å². The summed E-state index contributed by atoms with van der Waals surface area (Å²) in [5.74, 6) is 0.